The van der Waals surface area contributed by atoms with E-state index in [-0.39, 0.29) is 5.22 Å². The lowest BCUT2D eigenvalue weighted by molar-refractivity contribution is -0.0210. The first-order valence-corrected chi connectivity index (χ1v) is 6.68. The molecule has 1 saturated heterocycles. The summed E-state index contributed by atoms with van der Waals surface area (Å²) in [6, 6.07) is 8.60. The molecule has 1 fully saturated rings. The quantitative estimate of drug-likeness (QED) is 0.672. The van der Waals surface area contributed by atoms with Crippen molar-refractivity contribution >= 4 is 18.1 Å². The molecular formula is C12H17BOSi. The Hall–Kier alpha value is -0.538. The summed E-state index contributed by atoms with van der Waals surface area (Å²) in [4.78, 5) is 0. The van der Waals surface area contributed by atoms with Gasteiger partial charge < -0.3 is 4.74 Å². The van der Waals surface area contributed by atoms with Crippen LogP contribution in [-0.4, -0.2) is 24.7 Å². The zero-order chi connectivity index (χ0) is 10.7. The molecule has 0 N–H and O–H groups in total. The van der Waals surface area contributed by atoms with Crippen molar-refractivity contribution in [1.29, 1.82) is 0 Å². The summed E-state index contributed by atoms with van der Waals surface area (Å²) in [5, 5.41) is 0.0609. The Morgan fingerprint density at radius 2 is 2.00 bits per heavy atom. The van der Waals surface area contributed by atoms with E-state index in [2.05, 4.69) is 24.3 Å². The molecule has 0 bridgehead atoms. The summed E-state index contributed by atoms with van der Waals surface area (Å²) in [5.74, 6) is 0. The molecule has 15 heavy (non-hydrogen) atoms. The van der Waals surface area contributed by atoms with Crippen molar-refractivity contribution in [1.82, 2.24) is 0 Å². The molecule has 1 heterocycles. The molecule has 0 spiro atoms. The minimum Gasteiger partial charge on any atom is -0.375 e. The maximum atomic E-state index is 5.96. The second-order valence-corrected chi connectivity index (χ2v) is 6.05. The average molecular weight is 216 g/mol. The Labute approximate surface area is 96.1 Å². The van der Waals surface area contributed by atoms with E-state index in [1.807, 2.05) is 0 Å². The molecule has 0 amide bonds. The summed E-state index contributed by atoms with van der Waals surface area (Å²) in [6.45, 7) is 0.919. The highest BCUT2D eigenvalue weighted by Crippen LogP contribution is 2.31. The van der Waals surface area contributed by atoms with Crippen molar-refractivity contribution in [2.45, 2.75) is 30.8 Å². The maximum Gasteiger partial charge on any atom is 0.0723 e. The molecule has 0 aromatic heterocycles. The monoisotopic (exact) mass is 216 g/mol. The van der Waals surface area contributed by atoms with Gasteiger partial charge >= 0.3 is 0 Å². The van der Waals surface area contributed by atoms with Crippen LogP contribution in [0.3, 0.4) is 0 Å². The number of ether oxygens (including phenoxy) is 1. The van der Waals surface area contributed by atoms with Gasteiger partial charge in [0.25, 0.3) is 0 Å². The highest BCUT2D eigenvalue weighted by molar-refractivity contribution is 6.14. The highest BCUT2D eigenvalue weighted by Gasteiger charge is 2.29. The van der Waals surface area contributed by atoms with Crippen molar-refractivity contribution in [2.24, 2.45) is 0 Å². The van der Waals surface area contributed by atoms with E-state index in [9.17, 15) is 0 Å². The SMILES string of the molecule is [B]Cc1ccc(C2([SiH3])CCCCO2)cc1. The molecule has 2 rings (SSSR count). The fourth-order valence-electron chi connectivity index (χ4n) is 2.16. The summed E-state index contributed by atoms with van der Waals surface area (Å²) in [7, 11) is 6.65. The number of benzene rings is 1. The maximum absolute atomic E-state index is 5.96. The number of hydrogen-bond donors (Lipinski definition) is 0. The number of rotatable bonds is 2. The first-order chi connectivity index (χ1) is 7.24. The zero-order valence-corrected chi connectivity index (χ0v) is 11.3. The van der Waals surface area contributed by atoms with E-state index in [1.165, 1.54) is 30.4 Å². The predicted molar refractivity (Wildman–Crippen MR) is 67.3 cm³/mol. The molecule has 3 heteroatoms. The van der Waals surface area contributed by atoms with Gasteiger partial charge in [0.05, 0.1) is 13.1 Å². The highest BCUT2D eigenvalue weighted by atomic mass is 28.1. The molecule has 1 aliphatic rings. The first-order valence-electron chi connectivity index (χ1n) is 5.68. The molecular weight excluding hydrogens is 199 g/mol. The van der Waals surface area contributed by atoms with E-state index >= 15 is 0 Å². The molecule has 1 atom stereocenters. The summed E-state index contributed by atoms with van der Waals surface area (Å²) >= 11 is 0. The van der Waals surface area contributed by atoms with Crippen molar-refractivity contribution in [3.63, 3.8) is 0 Å². The average Bonchev–Trinajstić information content (AvgIpc) is 2.30. The van der Waals surface area contributed by atoms with Gasteiger partial charge in [-0.3, -0.25) is 0 Å². The Bertz CT molecular complexity index is 317. The van der Waals surface area contributed by atoms with Crippen molar-refractivity contribution in [2.75, 3.05) is 6.61 Å². The van der Waals surface area contributed by atoms with E-state index < -0.39 is 0 Å². The second-order valence-electron chi connectivity index (χ2n) is 4.44. The Morgan fingerprint density at radius 1 is 1.27 bits per heavy atom. The van der Waals surface area contributed by atoms with Crippen molar-refractivity contribution in [3.8, 4) is 0 Å². The molecule has 1 nitrogen and oxygen atoms in total. The third-order valence-electron chi connectivity index (χ3n) is 3.27. The standard InChI is InChI=1S/C12H17BOSi/c13-9-10-3-5-11(6-4-10)12(15)7-1-2-8-14-12/h3-6H,1-2,7-9H2,15H3. The largest absolute Gasteiger partial charge is 0.375 e. The molecule has 78 valence electrons. The van der Waals surface area contributed by atoms with Crippen molar-refractivity contribution < 1.29 is 4.74 Å². The summed E-state index contributed by atoms with van der Waals surface area (Å²) < 4.78 is 5.96. The van der Waals surface area contributed by atoms with Gasteiger partial charge in [-0.25, -0.2) is 0 Å². The van der Waals surface area contributed by atoms with Crippen LogP contribution in [0, 0.1) is 0 Å². The normalized spacial score (nSPS) is 26.7. The predicted octanol–water partition coefficient (Wildman–Crippen LogP) is 1.07. The molecule has 2 radical (unpaired) electrons. The minimum absolute atomic E-state index is 0.0609. The Morgan fingerprint density at radius 3 is 2.53 bits per heavy atom. The van der Waals surface area contributed by atoms with Crippen LogP contribution in [0.5, 0.6) is 0 Å². The molecule has 1 aliphatic heterocycles. The van der Waals surface area contributed by atoms with E-state index in [4.69, 9.17) is 12.6 Å². The summed E-state index contributed by atoms with van der Waals surface area (Å²) in [6.07, 6.45) is 4.31. The fourth-order valence-corrected chi connectivity index (χ4v) is 3.05. The van der Waals surface area contributed by atoms with Gasteiger partial charge in [-0.1, -0.05) is 36.1 Å². The third-order valence-corrected chi connectivity index (χ3v) is 4.64. The van der Waals surface area contributed by atoms with Gasteiger partial charge in [0.2, 0.25) is 0 Å². The lowest BCUT2D eigenvalue weighted by atomic mass is 9.94. The fraction of sp³-hybridized carbons (Fsp3) is 0.500. The van der Waals surface area contributed by atoms with Crippen LogP contribution < -0.4 is 0 Å². The van der Waals surface area contributed by atoms with E-state index in [1.54, 1.807) is 0 Å². The van der Waals surface area contributed by atoms with Gasteiger partial charge in [0, 0.05) is 16.8 Å². The number of hydrogen-bond acceptors (Lipinski definition) is 1. The molecule has 1 aromatic rings. The Kier molecular flexibility index (Phi) is 3.32. The first kappa shape index (κ1) is 11.0. The van der Waals surface area contributed by atoms with Gasteiger partial charge in [-0.2, -0.15) is 0 Å². The van der Waals surface area contributed by atoms with Crippen LogP contribution in [0.25, 0.3) is 0 Å². The summed E-state index contributed by atoms with van der Waals surface area (Å²) in [5.41, 5.74) is 2.53. The van der Waals surface area contributed by atoms with Crippen LogP contribution >= 0.6 is 0 Å². The van der Waals surface area contributed by atoms with Crippen LogP contribution in [0.2, 0.25) is 0 Å². The lowest BCUT2D eigenvalue weighted by Crippen LogP contribution is -2.33. The van der Waals surface area contributed by atoms with Crippen LogP contribution in [0.4, 0.5) is 0 Å². The van der Waals surface area contributed by atoms with E-state index in [0.717, 1.165) is 16.8 Å². The topological polar surface area (TPSA) is 9.23 Å². The van der Waals surface area contributed by atoms with E-state index in [0.29, 0.717) is 6.32 Å². The Balaban J connectivity index is 2.20. The smallest absolute Gasteiger partial charge is 0.0723 e. The van der Waals surface area contributed by atoms with Crippen molar-refractivity contribution in [3.05, 3.63) is 35.4 Å². The van der Waals surface area contributed by atoms with Gasteiger partial charge in [0.1, 0.15) is 0 Å². The van der Waals surface area contributed by atoms with Gasteiger partial charge in [-0.15, -0.1) is 0 Å². The van der Waals surface area contributed by atoms with Crippen LogP contribution in [0.1, 0.15) is 30.4 Å². The van der Waals surface area contributed by atoms with Gasteiger partial charge in [0.15, 0.2) is 0 Å². The third kappa shape index (κ3) is 2.35. The molecule has 0 saturated carbocycles. The molecule has 1 aromatic carbocycles. The van der Waals surface area contributed by atoms with Gasteiger partial charge in [-0.05, 0) is 24.8 Å². The lowest BCUT2D eigenvalue weighted by Gasteiger charge is -2.34. The zero-order valence-electron chi connectivity index (χ0n) is 9.33. The molecule has 1 unspecified atom stereocenters. The second kappa shape index (κ2) is 4.54. The molecule has 0 aliphatic carbocycles. The van der Waals surface area contributed by atoms with Crippen LogP contribution in [0.15, 0.2) is 24.3 Å². The minimum atomic E-state index is 0.0609. The van der Waals surface area contributed by atoms with Crippen LogP contribution in [-0.2, 0) is 16.3 Å².